The van der Waals surface area contributed by atoms with Gasteiger partial charge in [0.25, 0.3) is 0 Å². The Balaban J connectivity index is 4.09. The molecular weight excluding hydrogens is 170 g/mol. The van der Waals surface area contributed by atoms with Gasteiger partial charge in [-0.3, -0.25) is 9.98 Å². The normalized spacial score (nSPS) is 10.6. The SMILES string of the molecule is CC(N)(CN=C(N)N)CN=C(N)N. The van der Waals surface area contributed by atoms with Crippen LogP contribution in [0.2, 0.25) is 0 Å². The van der Waals surface area contributed by atoms with E-state index in [1.165, 1.54) is 0 Å². The maximum absolute atomic E-state index is 5.78. The summed E-state index contributed by atoms with van der Waals surface area (Å²) in [5, 5.41) is 0. The summed E-state index contributed by atoms with van der Waals surface area (Å²) in [5.74, 6) is 0.00255. The van der Waals surface area contributed by atoms with Crippen molar-refractivity contribution in [2.45, 2.75) is 12.5 Å². The van der Waals surface area contributed by atoms with E-state index < -0.39 is 5.54 Å². The fourth-order valence-electron chi connectivity index (χ4n) is 0.594. The highest BCUT2D eigenvalue weighted by atomic mass is 15.0. The Bertz CT molecular complexity index is 187. The Morgan fingerprint density at radius 1 is 1.00 bits per heavy atom. The Morgan fingerprint density at radius 2 is 1.31 bits per heavy atom. The van der Waals surface area contributed by atoms with Crippen LogP contribution in [0.4, 0.5) is 0 Å². The van der Waals surface area contributed by atoms with Gasteiger partial charge in [-0.25, -0.2) is 0 Å². The van der Waals surface area contributed by atoms with Crippen LogP contribution < -0.4 is 28.7 Å². The Kier molecular flexibility index (Phi) is 3.99. The van der Waals surface area contributed by atoms with Crippen molar-refractivity contribution in [3.8, 4) is 0 Å². The molecule has 0 aliphatic heterocycles. The minimum atomic E-state index is -0.631. The fraction of sp³-hybridized carbons (Fsp3) is 0.667. The number of guanidine groups is 2. The first-order valence-electron chi connectivity index (χ1n) is 3.73. The molecule has 0 aliphatic carbocycles. The second kappa shape index (κ2) is 4.51. The maximum Gasteiger partial charge on any atom is 0.185 e. The van der Waals surface area contributed by atoms with Crippen LogP contribution >= 0.6 is 0 Å². The van der Waals surface area contributed by atoms with Crippen molar-refractivity contribution in [1.29, 1.82) is 0 Å². The Hall–Kier alpha value is -1.50. The van der Waals surface area contributed by atoms with E-state index in [9.17, 15) is 0 Å². The molecule has 0 amide bonds. The van der Waals surface area contributed by atoms with Gasteiger partial charge in [-0.15, -0.1) is 0 Å². The maximum atomic E-state index is 5.78. The van der Waals surface area contributed by atoms with Crippen LogP contribution in [0.5, 0.6) is 0 Å². The second-order valence-electron chi connectivity index (χ2n) is 3.14. The highest BCUT2D eigenvalue weighted by Crippen LogP contribution is 1.99. The third-order valence-corrected chi connectivity index (χ3v) is 1.25. The van der Waals surface area contributed by atoms with Crippen LogP contribution in [0.25, 0.3) is 0 Å². The first-order valence-corrected chi connectivity index (χ1v) is 3.73. The first-order chi connectivity index (χ1) is 5.83. The minimum absolute atomic E-state index is 0.00127. The molecule has 0 heterocycles. The lowest BCUT2D eigenvalue weighted by molar-refractivity contribution is 0.494. The molecule has 0 spiro atoms. The van der Waals surface area contributed by atoms with E-state index in [2.05, 4.69) is 9.98 Å². The van der Waals surface area contributed by atoms with Gasteiger partial charge < -0.3 is 28.7 Å². The van der Waals surface area contributed by atoms with Crippen molar-refractivity contribution in [3.05, 3.63) is 0 Å². The van der Waals surface area contributed by atoms with Crippen molar-refractivity contribution >= 4 is 11.9 Å². The molecule has 0 unspecified atom stereocenters. The molecule has 0 saturated carbocycles. The quantitative estimate of drug-likeness (QED) is 0.238. The van der Waals surface area contributed by atoms with Gasteiger partial charge in [0, 0.05) is 0 Å². The van der Waals surface area contributed by atoms with Crippen molar-refractivity contribution in [3.63, 3.8) is 0 Å². The average Bonchev–Trinajstić information content (AvgIpc) is 1.98. The molecule has 0 aromatic rings. The van der Waals surface area contributed by atoms with Crippen LogP contribution in [0.1, 0.15) is 6.92 Å². The van der Waals surface area contributed by atoms with E-state index in [4.69, 9.17) is 28.7 Å². The smallest absolute Gasteiger partial charge is 0.185 e. The molecule has 0 atom stereocenters. The number of rotatable bonds is 4. The molecule has 0 aromatic heterocycles. The molecule has 76 valence electrons. The van der Waals surface area contributed by atoms with Crippen LogP contribution in [0, 0.1) is 0 Å². The average molecular weight is 187 g/mol. The Morgan fingerprint density at radius 3 is 1.54 bits per heavy atom. The van der Waals surface area contributed by atoms with Crippen LogP contribution in [0.15, 0.2) is 9.98 Å². The highest BCUT2D eigenvalue weighted by Gasteiger charge is 2.17. The van der Waals surface area contributed by atoms with Crippen LogP contribution in [0.3, 0.4) is 0 Å². The van der Waals surface area contributed by atoms with Crippen LogP contribution in [-0.2, 0) is 0 Å². The topological polar surface area (TPSA) is 155 Å². The van der Waals surface area contributed by atoms with E-state index >= 15 is 0 Å². The van der Waals surface area contributed by atoms with Gasteiger partial charge in [0.15, 0.2) is 11.9 Å². The molecule has 0 aliphatic rings. The third-order valence-electron chi connectivity index (χ3n) is 1.25. The number of aliphatic imine (C=N–C) groups is 2. The van der Waals surface area contributed by atoms with Gasteiger partial charge in [0.05, 0.1) is 18.6 Å². The van der Waals surface area contributed by atoms with Gasteiger partial charge in [0.2, 0.25) is 0 Å². The molecule has 0 saturated heterocycles. The number of hydrogen-bond acceptors (Lipinski definition) is 3. The summed E-state index contributed by atoms with van der Waals surface area (Å²) in [6, 6.07) is 0. The third kappa shape index (κ3) is 6.88. The molecule has 0 radical (unpaired) electrons. The lowest BCUT2D eigenvalue weighted by Gasteiger charge is -2.19. The highest BCUT2D eigenvalue weighted by molar-refractivity contribution is 5.76. The van der Waals surface area contributed by atoms with Gasteiger partial charge >= 0.3 is 0 Å². The van der Waals surface area contributed by atoms with E-state index in [0.717, 1.165) is 0 Å². The van der Waals surface area contributed by atoms with Crippen molar-refractivity contribution in [1.82, 2.24) is 0 Å². The van der Waals surface area contributed by atoms with E-state index in [1.54, 1.807) is 6.92 Å². The molecule has 13 heavy (non-hydrogen) atoms. The molecule has 0 aromatic carbocycles. The molecule has 7 nitrogen and oxygen atoms in total. The zero-order valence-electron chi connectivity index (χ0n) is 7.70. The molecular formula is C6H17N7. The monoisotopic (exact) mass is 187 g/mol. The van der Waals surface area contributed by atoms with E-state index in [1.807, 2.05) is 0 Å². The van der Waals surface area contributed by atoms with Crippen molar-refractivity contribution < 1.29 is 0 Å². The molecule has 0 rings (SSSR count). The predicted molar refractivity (Wildman–Crippen MR) is 53.9 cm³/mol. The summed E-state index contributed by atoms with van der Waals surface area (Å²) in [5.41, 5.74) is 25.7. The summed E-state index contributed by atoms with van der Waals surface area (Å²) in [6.45, 7) is 2.32. The van der Waals surface area contributed by atoms with Crippen molar-refractivity contribution in [2.75, 3.05) is 13.1 Å². The lowest BCUT2D eigenvalue weighted by Crippen LogP contribution is -2.44. The zero-order valence-corrected chi connectivity index (χ0v) is 7.70. The largest absolute Gasteiger partial charge is 0.370 e. The van der Waals surface area contributed by atoms with Gasteiger partial charge in [-0.05, 0) is 6.92 Å². The molecule has 7 heteroatoms. The summed E-state index contributed by atoms with van der Waals surface area (Å²) in [4.78, 5) is 7.54. The van der Waals surface area contributed by atoms with Crippen LogP contribution in [-0.4, -0.2) is 30.5 Å². The first kappa shape index (κ1) is 11.5. The van der Waals surface area contributed by atoms with Gasteiger partial charge in [0.1, 0.15) is 0 Å². The number of nitrogens with two attached hydrogens (primary N) is 5. The Labute approximate surface area is 77.1 Å². The lowest BCUT2D eigenvalue weighted by atomic mass is 10.1. The number of hydrogen-bond donors (Lipinski definition) is 5. The standard InChI is InChI=1S/C6H17N7/c1-6(11,2-12-4(7)8)3-13-5(9)10/h2-3,11H2,1H3,(H4,7,8,12)(H4,9,10,13). The predicted octanol–water partition coefficient (Wildman–Crippen LogP) is -2.75. The molecule has 0 fully saturated rings. The second-order valence-corrected chi connectivity index (χ2v) is 3.14. The molecule has 10 N–H and O–H groups in total. The van der Waals surface area contributed by atoms with E-state index in [-0.39, 0.29) is 25.0 Å². The van der Waals surface area contributed by atoms with Gasteiger partial charge in [-0.2, -0.15) is 0 Å². The summed E-state index contributed by atoms with van der Waals surface area (Å²) in [6.07, 6.45) is 0. The van der Waals surface area contributed by atoms with E-state index in [0.29, 0.717) is 0 Å². The summed E-state index contributed by atoms with van der Waals surface area (Å²) < 4.78 is 0. The fourth-order valence-corrected chi connectivity index (χ4v) is 0.594. The van der Waals surface area contributed by atoms with Gasteiger partial charge in [-0.1, -0.05) is 0 Å². The van der Waals surface area contributed by atoms with Crippen molar-refractivity contribution in [2.24, 2.45) is 38.7 Å². The number of nitrogens with zero attached hydrogens (tertiary/aromatic N) is 2. The zero-order chi connectivity index (χ0) is 10.5. The summed E-state index contributed by atoms with van der Waals surface area (Å²) in [7, 11) is 0. The minimum Gasteiger partial charge on any atom is -0.370 e. The summed E-state index contributed by atoms with van der Waals surface area (Å²) >= 11 is 0. The molecule has 0 bridgehead atoms.